The molecule has 2 aliphatic rings. The van der Waals surface area contributed by atoms with Gasteiger partial charge in [0.2, 0.25) is 5.95 Å². The Kier molecular flexibility index (Phi) is 5.95. The van der Waals surface area contributed by atoms with E-state index in [9.17, 15) is 4.79 Å². The number of rotatable bonds is 4. The molecule has 2 fully saturated rings. The lowest BCUT2D eigenvalue weighted by molar-refractivity contribution is 0.122. The summed E-state index contributed by atoms with van der Waals surface area (Å²) in [6, 6.07) is 9.16. The van der Waals surface area contributed by atoms with Gasteiger partial charge in [-0.25, -0.2) is 9.78 Å². The van der Waals surface area contributed by atoms with Gasteiger partial charge in [0.05, 0.1) is 20.3 Å². The van der Waals surface area contributed by atoms with Crippen LogP contribution in [-0.4, -0.2) is 80.5 Å². The van der Waals surface area contributed by atoms with E-state index in [0.29, 0.717) is 26.3 Å². The number of carbonyl (C=O) groups is 1. The van der Waals surface area contributed by atoms with Crippen LogP contribution in [0.25, 0.3) is 0 Å². The number of benzene rings is 1. The molecule has 9 nitrogen and oxygen atoms in total. The first-order valence-electron chi connectivity index (χ1n) is 9.83. The Balaban J connectivity index is 1.32. The highest BCUT2D eigenvalue weighted by molar-refractivity contribution is 5.89. The Morgan fingerprint density at radius 2 is 1.72 bits per heavy atom. The minimum Gasteiger partial charge on any atom is -0.497 e. The summed E-state index contributed by atoms with van der Waals surface area (Å²) in [4.78, 5) is 27.9. The number of ether oxygens (including phenoxy) is 2. The molecule has 0 saturated carbocycles. The van der Waals surface area contributed by atoms with Crippen molar-refractivity contribution in [1.29, 1.82) is 0 Å². The maximum Gasteiger partial charge on any atom is 0.321 e. The molecule has 0 bridgehead atoms. The van der Waals surface area contributed by atoms with Gasteiger partial charge in [-0.2, -0.15) is 4.98 Å². The molecular formula is C20H26N6O3. The highest BCUT2D eigenvalue weighted by atomic mass is 16.5. The molecular weight excluding hydrogens is 372 g/mol. The molecule has 0 atom stereocenters. The van der Waals surface area contributed by atoms with E-state index in [1.807, 2.05) is 35.2 Å². The highest BCUT2D eigenvalue weighted by Crippen LogP contribution is 2.19. The van der Waals surface area contributed by atoms with Crippen molar-refractivity contribution >= 4 is 23.5 Å². The van der Waals surface area contributed by atoms with E-state index in [2.05, 4.69) is 20.1 Å². The number of morpholine rings is 1. The lowest BCUT2D eigenvalue weighted by Gasteiger charge is -2.35. The van der Waals surface area contributed by atoms with Gasteiger partial charge < -0.3 is 29.5 Å². The van der Waals surface area contributed by atoms with Crippen LogP contribution in [0.3, 0.4) is 0 Å². The Morgan fingerprint density at radius 1 is 1.00 bits per heavy atom. The fraction of sp³-hybridized carbons (Fsp3) is 0.450. The van der Waals surface area contributed by atoms with Gasteiger partial charge in [0.25, 0.3) is 0 Å². The van der Waals surface area contributed by atoms with E-state index in [4.69, 9.17) is 14.5 Å². The summed E-state index contributed by atoms with van der Waals surface area (Å²) in [6.45, 7) is 5.76. The summed E-state index contributed by atoms with van der Waals surface area (Å²) in [6.07, 6.45) is 1.80. The second-order valence-corrected chi connectivity index (χ2v) is 6.95. The topological polar surface area (TPSA) is 83.1 Å². The number of aromatic nitrogens is 2. The van der Waals surface area contributed by atoms with E-state index in [1.165, 1.54) is 0 Å². The number of carbonyl (C=O) groups excluding carboxylic acids is 1. The minimum atomic E-state index is -0.0912. The molecule has 154 valence electrons. The van der Waals surface area contributed by atoms with Crippen LogP contribution >= 0.6 is 0 Å². The van der Waals surface area contributed by atoms with Gasteiger partial charge in [-0.1, -0.05) is 0 Å². The summed E-state index contributed by atoms with van der Waals surface area (Å²) < 4.78 is 10.5. The van der Waals surface area contributed by atoms with Crippen molar-refractivity contribution in [3.05, 3.63) is 36.5 Å². The van der Waals surface area contributed by atoms with E-state index < -0.39 is 0 Å². The van der Waals surface area contributed by atoms with Crippen LogP contribution in [-0.2, 0) is 4.74 Å². The van der Waals surface area contributed by atoms with Gasteiger partial charge in [-0.05, 0) is 30.3 Å². The smallest absolute Gasteiger partial charge is 0.321 e. The zero-order chi connectivity index (χ0) is 20.1. The molecule has 0 unspecified atom stereocenters. The average molecular weight is 398 g/mol. The van der Waals surface area contributed by atoms with Crippen LogP contribution in [0.5, 0.6) is 5.75 Å². The molecule has 4 rings (SSSR count). The van der Waals surface area contributed by atoms with E-state index >= 15 is 0 Å². The molecule has 3 heterocycles. The zero-order valence-electron chi connectivity index (χ0n) is 16.6. The second-order valence-electron chi connectivity index (χ2n) is 6.95. The summed E-state index contributed by atoms with van der Waals surface area (Å²) in [5.74, 6) is 2.40. The van der Waals surface area contributed by atoms with Crippen LogP contribution in [0.1, 0.15) is 0 Å². The summed E-state index contributed by atoms with van der Waals surface area (Å²) in [5.41, 5.74) is 0.754. The van der Waals surface area contributed by atoms with Crippen molar-refractivity contribution in [3.8, 4) is 5.75 Å². The normalized spacial score (nSPS) is 17.2. The third-order valence-electron chi connectivity index (χ3n) is 5.15. The average Bonchev–Trinajstić information content (AvgIpc) is 2.80. The molecule has 2 aliphatic heterocycles. The zero-order valence-corrected chi connectivity index (χ0v) is 16.6. The van der Waals surface area contributed by atoms with Crippen molar-refractivity contribution in [2.45, 2.75) is 0 Å². The Hall–Kier alpha value is -3.07. The van der Waals surface area contributed by atoms with Crippen molar-refractivity contribution in [2.75, 3.05) is 74.7 Å². The minimum absolute atomic E-state index is 0.0912. The Bertz CT molecular complexity index is 817. The van der Waals surface area contributed by atoms with Crippen LogP contribution in [0.15, 0.2) is 36.5 Å². The third-order valence-corrected chi connectivity index (χ3v) is 5.15. The first kappa shape index (κ1) is 19.3. The van der Waals surface area contributed by atoms with Gasteiger partial charge in [-0.15, -0.1) is 0 Å². The summed E-state index contributed by atoms with van der Waals surface area (Å²) in [7, 11) is 1.62. The van der Waals surface area contributed by atoms with Gasteiger partial charge in [0.15, 0.2) is 0 Å². The van der Waals surface area contributed by atoms with Crippen molar-refractivity contribution < 1.29 is 14.3 Å². The predicted molar refractivity (Wildman–Crippen MR) is 111 cm³/mol. The quantitative estimate of drug-likeness (QED) is 0.839. The van der Waals surface area contributed by atoms with Crippen molar-refractivity contribution in [1.82, 2.24) is 14.9 Å². The van der Waals surface area contributed by atoms with Crippen molar-refractivity contribution in [3.63, 3.8) is 0 Å². The van der Waals surface area contributed by atoms with Gasteiger partial charge in [-0.3, -0.25) is 0 Å². The standard InChI is InChI=1S/C20H26N6O3/c1-28-17-4-2-16(3-5-17)22-20(27)26-10-8-24(9-11-26)18-6-7-21-19(23-18)25-12-14-29-15-13-25/h2-7H,8-15H2,1H3,(H,22,27). The SMILES string of the molecule is COc1ccc(NC(=O)N2CCN(c3ccnc(N4CCOCC4)n3)CC2)cc1. The third kappa shape index (κ3) is 4.68. The highest BCUT2D eigenvalue weighted by Gasteiger charge is 2.23. The van der Waals surface area contributed by atoms with Gasteiger partial charge >= 0.3 is 6.03 Å². The lowest BCUT2D eigenvalue weighted by Crippen LogP contribution is -2.50. The molecule has 0 radical (unpaired) electrons. The van der Waals surface area contributed by atoms with Crippen LogP contribution in [0.2, 0.25) is 0 Å². The Morgan fingerprint density at radius 3 is 2.41 bits per heavy atom. The summed E-state index contributed by atoms with van der Waals surface area (Å²) in [5, 5.41) is 2.94. The second kappa shape index (κ2) is 8.95. The number of amides is 2. The molecule has 0 aliphatic carbocycles. The van der Waals surface area contributed by atoms with Gasteiger partial charge in [0, 0.05) is 51.2 Å². The van der Waals surface area contributed by atoms with Crippen LogP contribution in [0.4, 0.5) is 22.2 Å². The molecule has 9 heteroatoms. The number of urea groups is 1. The maximum absolute atomic E-state index is 12.5. The first-order valence-corrected chi connectivity index (χ1v) is 9.83. The number of hydrogen-bond donors (Lipinski definition) is 1. The number of hydrogen-bond acceptors (Lipinski definition) is 7. The number of methoxy groups -OCH3 is 1. The number of nitrogens with zero attached hydrogens (tertiary/aromatic N) is 5. The van der Waals surface area contributed by atoms with Crippen LogP contribution < -0.4 is 19.9 Å². The maximum atomic E-state index is 12.5. The molecule has 2 amide bonds. The van der Waals surface area contributed by atoms with Crippen molar-refractivity contribution in [2.24, 2.45) is 0 Å². The fourth-order valence-electron chi connectivity index (χ4n) is 3.45. The number of nitrogens with one attached hydrogen (secondary N) is 1. The van der Waals surface area contributed by atoms with Crippen LogP contribution in [0, 0.1) is 0 Å². The molecule has 2 aromatic rings. The predicted octanol–water partition coefficient (Wildman–Crippen LogP) is 1.68. The molecule has 2 saturated heterocycles. The summed E-state index contributed by atoms with van der Waals surface area (Å²) >= 11 is 0. The molecule has 1 aromatic carbocycles. The van der Waals surface area contributed by atoms with E-state index in [0.717, 1.165) is 49.4 Å². The monoisotopic (exact) mass is 398 g/mol. The fourth-order valence-corrected chi connectivity index (χ4v) is 3.45. The molecule has 29 heavy (non-hydrogen) atoms. The first-order chi connectivity index (χ1) is 14.2. The molecule has 1 aromatic heterocycles. The van der Waals surface area contributed by atoms with E-state index in [1.54, 1.807) is 13.3 Å². The largest absolute Gasteiger partial charge is 0.497 e. The number of anilines is 3. The van der Waals surface area contributed by atoms with Gasteiger partial charge in [0.1, 0.15) is 11.6 Å². The molecule has 1 N–H and O–H groups in total. The number of piperazine rings is 1. The Labute approximate surface area is 170 Å². The molecule has 0 spiro atoms. The van der Waals surface area contributed by atoms with E-state index in [-0.39, 0.29) is 6.03 Å². The lowest BCUT2D eigenvalue weighted by atomic mass is 10.3.